The predicted octanol–water partition coefficient (Wildman–Crippen LogP) is 5.35. The van der Waals surface area contributed by atoms with Gasteiger partial charge in [0.25, 0.3) is 0 Å². The molecule has 2 aliphatic carbocycles. The molecule has 2 N–H and O–H groups in total. The maximum atomic E-state index is 10.3. The van der Waals surface area contributed by atoms with Crippen LogP contribution in [-0.2, 0) is 12.8 Å². The quantitative estimate of drug-likeness (QED) is 0.642. The van der Waals surface area contributed by atoms with Crippen LogP contribution in [0, 0.1) is 0 Å². The van der Waals surface area contributed by atoms with Gasteiger partial charge in [0.1, 0.15) is 0 Å². The highest BCUT2D eigenvalue weighted by atomic mass is 35.5. The second-order valence-corrected chi connectivity index (χ2v) is 7.68. The minimum absolute atomic E-state index is 0.490. The summed E-state index contributed by atoms with van der Waals surface area (Å²) in [5.41, 5.74) is 5.99. The number of aliphatic hydroxyl groups is 2. The summed E-state index contributed by atoms with van der Waals surface area (Å²) in [7, 11) is 0. The van der Waals surface area contributed by atoms with Gasteiger partial charge in [-0.15, -0.1) is 13.2 Å². The zero-order valence-electron chi connectivity index (χ0n) is 14.8. The smallest absolute Gasteiger partial charge is 0.0802 e. The molecule has 0 fully saturated rings. The lowest BCUT2D eigenvalue weighted by atomic mass is 9.82. The van der Waals surface area contributed by atoms with Crippen LogP contribution in [0.4, 0.5) is 0 Å². The Morgan fingerprint density at radius 1 is 0.808 bits per heavy atom. The first-order valence-corrected chi connectivity index (χ1v) is 9.75. The Morgan fingerprint density at radius 2 is 1.23 bits per heavy atom. The molecule has 0 bridgehead atoms. The Kier molecular flexibility index (Phi) is 6.09. The lowest BCUT2D eigenvalue weighted by Gasteiger charge is -2.28. The van der Waals surface area contributed by atoms with E-state index in [1.54, 1.807) is 12.2 Å². The molecule has 2 atom stereocenters. The van der Waals surface area contributed by atoms with Crippen molar-refractivity contribution in [2.75, 3.05) is 0 Å². The minimum Gasteiger partial charge on any atom is -0.388 e. The Labute approximate surface area is 165 Å². The molecule has 0 aromatic heterocycles. The molecule has 0 heterocycles. The summed E-state index contributed by atoms with van der Waals surface area (Å²) in [5.74, 6) is 0. The summed E-state index contributed by atoms with van der Waals surface area (Å²) < 4.78 is 0. The number of halogens is 2. The molecule has 0 amide bonds. The SMILES string of the molecule is C=CCC(O)C1=C(Cl)c2cc3c(cc2CC1)CCC(C(O)CC=C)=C3Cl. The van der Waals surface area contributed by atoms with Crippen molar-refractivity contribution in [1.29, 1.82) is 0 Å². The Bertz CT molecular complexity index is 741. The molecule has 0 radical (unpaired) electrons. The third-order valence-electron chi connectivity index (χ3n) is 5.28. The lowest BCUT2D eigenvalue weighted by Crippen LogP contribution is -2.18. The second kappa shape index (κ2) is 8.14. The van der Waals surface area contributed by atoms with Crippen LogP contribution in [0.3, 0.4) is 0 Å². The fourth-order valence-corrected chi connectivity index (χ4v) is 4.64. The van der Waals surface area contributed by atoms with Crippen LogP contribution in [0.1, 0.15) is 47.9 Å². The van der Waals surface area contributed by atoms with Crippen molar-refractivity contribution < 1.29 is 10.2 Å². The maximum Gasteiger partial charge on any atom is 0.0802 e. The molecule has 138 valence electrons. The number of hydrogen-bond donors (Lipinski definition) is 2. The zero-order valence-corrected chi connectivity index (χ0v) is 16.3. The van der Waals surface area contributed by atoms with Crippen molar-refractivity contribution in [3.63, 3.8) is 0 Å². The van der Waals surface area contributed by atoms with Crippen LogP contribution in [0.15, 0.2) is 48.6 Å². The first kappa shape index (κ1) is 19.4. The average Bonchev–Trinajstić information content (AvgIpc) is 2.61. The van der Waals surface area contributed by atoms with Crippen LogP contribution < -0.4 is 0 Å². The van der Waals surface area contributed by atoms with Gasteiger partial charge in [-0.25, -0.2) is 0 Å². The van der Waals surface area contributed by atoms with E-state index in [1.807, 2.05) is 6.07 Å². The molecule has 26 heavy (non-hydrogen) atoms. The van der Waals surface area contributed by atoms with Gasteiger partial charge in [0, 0.05) is 10.1 Å². The molecule has 1 aromatic rings. The van der Waals surface area contributed by atoms with Gasteiger partial charge in [0.2, 0.25) is 0 Å². The fourth-order valence-electron chi connectivity index (χ4n) is 3.85. The Balaban J connectivity index is 2.06. The minimum atomic E-state index is -0.597. The van der Waals surface area contributed by atoms with E-state index in [0.717, 1.165) is 48.0 Å². The van der Waals surface area contributed by atoms with Gasteiger partial charge >= 0.3 is 0 Å². The molecule has 0 saturated carbocycles. The number of benzene rings is 1. The molecular formula is C22H24Cl2O2. The summed E-state index contributed by atoms with van der Waals surface area (Å²) in [6.45, 7) is 7.38. The van der Waals surface area contributed by atoms with Gasteiger partial charge < -0.3 is 10.2 Å². The number of hydrogen-bond acceptors (Lipinski definition) is 2. The van der Waals surface area contributed by atoms with E-state index in [2.05, 4.69) is 19.2 Å². The van der Waals surface area contributed by atoms with Crippen molar-refractivity contribution in [1.82, 2.24) is 0 Å². The highest BCUT2D eigenvalue weighted by Gasteiger charge is 2.27. The molecule has 2 unspecified atom stereocenters. The standard InChI is InChI=1S/C22H24Cl2O2/c1-3-5-19(25)15-9-7-13-11-14-8-10-16(20(26)6-4-2)22(24)18(14)12-17(13)21(15)23/h3-4,11-12,19-20,25-26H,1-2,5-10H2. The third kappa shape index (κ3) is 3.57. The molecule has 2 aliphatic rings. The Morgan fingerprint density at radius 3 is 1.62 bits per heavy atom. The predicted molar refractivity (Wildman–Crippen MR) is 110 cm³/mol. The molecule has 1 aromatic carbocycles. The van der Waals surface area contributed by atoms with E-state index < -0.39 is 12.2 Å². The van der Waals surface area contributed by atoms with E-state index >= 15 is 0 Å². The van der Waals surface area contributed by atoms with E-state index in [-0.39, 0.29) is 0 Å². The summed E-state index contributed by atoms with van der Waals surface area (Å²) in [6, 6.07) is 4.21. The molecule has 2 nitrogen and oxygen atoms in total. The Hall–Kier alpha value is -1.32. The molecule has 3 rings (SSSR count). The zero-order chi connectivity index (χ0) is 18.8. The van der Waals surface area contributed by atoms with Crippen LogP contribution in [-0.4, -0.2) is 22.4 Å². The van der Waals surface area contributed by atoms with Gasteiger partial charge in [-0.05, 0) is 78.0 Å². The summed E-state index contributed by atoms with van der Waals surface area (Å²) in [5, 5.41) is 21.9. The maximum absolute atomic E-state index is 10.3. The molecular weight excluding hydrogens is 367 g/mol. The number of rotatable bonds is 6. The van der Waals surface area contributed by atoms with Crippen LogP contribution in [0.25, 0.3) is 10.1 Å². The topological polar surface area (TPSA) is 40.5 Å². The van der Waals surface area contributed by atoms with Crippen molar-refractivity contribution in [2.45, 2.75) is 50.7 Å². The first-order chi connectivity index (χ1) is 12.5. The number of aryl methyl sites for hydroxylation is 2. The largest absolute Gasteiger partial charge is 0.388 e. The van der Waals surface area contributed by atoms with Gasteiger partial charge in [-0.2, -0.15) is 0 Å². The highest BCUT2D eigenvalue weighted by Crippen LogP contribution is 2.43. The molecule has 0 aliphatic heterocycles. The summed E-state index contributed by atoms with van der Waals surface area (Å²) in [4.78, 5) is 0. The van der Waals surface area contributed by atoms with Crippen LogP contribution in [0.5, 0.6) is 0 Å². The number of fused-ring (bicyclic) bond motifs is 2. The molecule has 4 heteroatoms. The normalized spacial score (nSPS) is 18.9. The number of aliphatic hydroxyl groups excluding tert-OH is 2. The van der Waals surface area contributed by atoms with E-state index in [0.29, 0.717) is 22.9 Å². The lowest BCUT2D eigenvalue weighted by molar-refractivity contribution is 0.210. The monoisotopic (exact) mass is 390 g/mol. The van der Waals surface area contributed by atoms with Gasteiger partial charge in [0.15, 0.2) is 0 Å². The average molecular weight is 391 g/mol. The van der Waals surface area contributed by atoms with E-state index in [4.69, 9.17) is 23.2 Å². The summed E-state index contributed by atoms with van der Waals surface area (Å²) in [6.07, 6.45) is 6.42. The fraction of sp³-hybridized carbons (Fsp3) is 0.364. The van der Waals surface area contributed by atoms with E-state index in [1.165, 1.54) is 11.1 Å². The summed E-state index contributed by atoms with van der Waals surface area (Å²) >= 11 is 13.3. The van der Waals surface area contributed by atoms with Crippen LogP contribution in [0.2, 0.25) is 0 Å². The first-order valence-electron chi connectivity index (χ1n) is 8.99. The van der Waals surface area contributed by atoms with Crippen molar-refractivity contribution in [3.05, 3.63) is 70.8 Å². The van der Waals surface area contributed by atoms with E-state index in [9.17, 15) is 10.2 Å². The van der Waals surface area contributed by atoms with Crippen molar-refractivity contribution in [3.8, 4) is 0 Å². The van der Waals surface area contributed by atoms with Crippen LogP contribution >= 0.6 is 23.2 Å². The third-order valence-corrected chi connectivity index (χ3v) is 6.17. The van der Waals surface area contributed by atoms with Crippen molar-refractivity contribution in [2.24, 2.45) is 0 Å². The molecule has 0 saturated heterocycles. The highest BCUT2D eigenvalue weighted by molar-refractivity contribution is 6.51. The van der Waals surface area contributed by atoms with Gasteiger partial charge in [0.05, 0.1) is 12.2 Å². The van der Waals surface area contributed by atoms with Gasteiger partial charge in [-0.1, -0.05) is 41.4 Å². The second-order valence-electron chi connectivity index (χ2n) is 6.93. The van der Waals surface area contributed by atoms with Gasteiger partial charge in [-0.3, -0.25) is 0 Å². The molecule has 0 spiro atoms. The van der Waals surface area contributed by atoms with Crippen molar-refractivity contribution >= 4 is 33.3 Å².